The summed E-state index contributed by atoms with van der Waals surface area (Å²) in [5.41, 5.74) is 2.39. The molecule has 0 unspecified atom stereocenters. The number of rotatable bonds is 4. The molecular formula is C12H14ClN5. The molecule has 2 rings (SSSR count). The summed E-state index contributed by atoms with van der Waals surface area (Å²) in [6.45, 7) is 2.70. The molecule has 0 bridgehead atoms. The molecule has 0 spiro atoms. The van der Waals surface area contributed by atoms with Crippen molar-refractivity contribution in [2.75, 3.05) is 17.7 Å². The van der Waals surface area contributed by atoms with Crippen LogP contribution in [0.3, 0.4) is 0 Å². The average molecular weight is 264 g/mol. The Balaban J connectivity index is 2.08. The van der Waals surface area contributed by atoms with Gasteiger partial charge >= 0.3 is 0 Å². The Morgan fingerprint density at radius 3 is 2.67 bits per heavy atom. The van der Waals surface area contributed by atoms with E-state index in [1.165, 1.54) is 5.56 Å². The molecule has 0 saturated carbocycles. The van der Waals surface area contributed by atoms with Gasteiger partial charge in [0.05, 0.1) is 0 Å². The molecule has 6 heteroatoms. The molecule has 18 heavy (non-hydrogen) atoms. The second kappa shape index (κ2) is 5.64. The van der Waals surface area contributed by atoms with E-state index in [-0.39, 0.29) is 5.28 Å². The van der Waals surface area contributed by atoms with Gasteiger partial charge in [0.25, 0.3) is 0 Å². The van der Waals surface area contributed by atoms with Crippen molar-refractivity contribution in [1.82, 2.24) is 15.0 Å². The van der Waals surface area contributed by atoms with Crippen LogP contribution in [0.1, 0.15) is 11.1 Å². The Bertz CT molecular complexity index is 544. The molecule has 0 aliphatic heterocycles. The SMILES string of the molecule is CNc1nc(Cl)nc(NCc2cccc(C)c2)n1. The van der Waals surface area contributed by atoms with Crippen molar-refractivity contribution in [3.63, 3.8) is 0 Å². The molecule has 2 aromatic rings. The van der Waals surface area contributed by atoms with E-state index in [0.717, 1.165) is 5.56 Å². The number of anilines is 2. The van der Waals surface area contributed by atoms with Gasteiger partial charge in [-0.1, -0.05) is 29.8 Å². The van der Waals surface area contributed by atoms with E-state index in [1.54, 1.807) is 7.05 Å². The first-order valence-corrected chi connectivity index (χ1v) is 5.94. The number of nitrogens with one attached hydrogen (secondary N) is 2. The van der Waals surface area contributed by atoms with Crippen molar-refractivity contribution in [2.45, 2.75) is 13.5 Å². The van der Waals surface area contributed by atoms with E-state index in [9.17, 15) is 0 Å². The molecule has 0 aliphatic carbocycles. The molecule has 0 aliphatic rings. The third-order valence-electron chi connectivity index (χ3n) is 2.36. The van der Waals surface area contributed by atoms with Crippen molar-refractivity contribution in [2.24, 2.45) is 0 Å². The standard InChI is InChI=1S/C12H14ClN5/c1-8-4-3-5-9(6-8)7-15-12-17-10(13)16-11(14-2)18-12/h3-6H,7H2,1-2H3,(H2,14,15,16,17,18). The first-order valence-electron chi connectivity index (χ1n) is 5.56. The van der Waals surface area contributed by atoms with Gasteiger partial charge in [0.15, 0.2) is 0 Å². The molecule has 0 fully saturated rings. The Morgan fingerprint density at radius 2 is 1.94 bits per heavy atom. The van der Waals surface area contributed by atoms with Crippen molar-refractivity contribution < 1.29 is 0 Å². The molecule has 94 valence electrons. The zero-order valence-electron chi connectivity index (χ0n) is 10.2. The minimum Gasteiger partial charge on any atom is -0.357 e. The third-order valence-corrected chi connectivity index (χ3v) is 2.53. The van der Waals surface area contributed by atoms with Gasteiger partial charge in [-0.05, 0) is 24.1 Å². The fraction of sp³-hybridized carbons (Fsp3) is 0.250. The van der Waals surface area contributed by atoms with Gasteiger partial charge in [0, 0.05) is 13.6 Å². The lowest BCUT2D eigenvalue weighted by Gasteiger charge is -2.07. The fourth-order valence-electron chi connectivity index (χ4n) is 1.54. The molecule has 0 atom stereocenters. The maximum absolute atomic E-state index is 5.79. The molecule has 0 saturated heterocycles. The highest BCUT2D eigenvalue weighted by molar-refractivity contribution is 6.28. The van der Waals surface area contributed by atoms with Gasteiger partial charge in [-0.25, -0.2) is 0 Å². The highest BCUT2D eigenvalue weighted by Crippen LogP contribution is 2.11. The van der Waals surface area contributed by atoms with Crippen LogP contribution in [-0.2, 0) is 6.54 Å². The second-order valence-corrected chi connectivity index (χ2v) is 4.18. The number of aromatic nitrogens is 3. The van der Waals surface area contributed by atoms with Crippen LogP contribution in [0.5, 0.6) is 0 Å². The van der Waals surface area contributed by atoms with Crippen molar-refractivity contribution in [3.8, 4) is 0 Å². The summed E-state index contributed by atoms with van der Waals surface area (Å²) >= 11 is 5.79. The molecule has 5 nitrogen and oxygen atoms in total. The van der Waals surface area contributed by atoms with Crippen LogP contribution in [0, 0.1) is 6.92 Å². The lowest BCUT2D eigenvalue weighted by atomic mass is 10.1. The van der Waals surface area contributed by atoms with E-state index < -0.39 is 0 Å². The summed E-state index contributed by atoms with van der Waals surface area (Å²) in [7, 11) is 1.73. The molecule has 1 heterocycles. The molecule has 2 N–H and O–H groups in total. The Morgan fingerprint density at radius 1 is 1.17 bits per heavy atom. The van der Waals surface area contributed by atoms with Crippen LogP contribution in [0.25, 0.3) is 0 Å². The predicted octanol–water partition coefficient (Wildman–Crippen LogP) is 2.49. The topological polar surface area (TPSA) is 62.7 Å². The summed E-state index contributed by atoms with van der Waals surface area (Å²) < 4.78 is 0. The summed E-state index contributed by atoms with van der Waals surface area (Å²) in [5, 5.41) is 6.11. The Labute approximate surface area is 111 Å². The maximum atomic E-state index is 5.79. The van der Waals surface area contributed by atoms with Crippen LogP contribution >= 0.6 is 11.6 Å². The number of hydrogen-bond donors (Lipinski definition) is 2. The van der Waals surface area contributed by atoms with Gasteiger partial charge in [0.1, 0.15) is 0 Å². The third kappa shape index (κ3) is 3.30. The van der Waals surface area contributed by atoms with Crippen molar-refractivity contribution in [3.05, 3.63) is 40.7 Å². The molecular weight excluding hydrogens is 250 g/mol. The largest absolute Gasteiger partial charge is 0.357 e. The fourth-order valence-corrected chi connectivity index (χ4v) is 1.70. The quantitative estimate of drug-likeness (QED) is 0.887. The van der Waals surface area contributed by atoms with Gasteiger partial charge in [-0.3, -0.25) is 0 Å². The highest BCUT2D eigenvalue weighted by atomic mass is 35.5. The molecule has 0 amide bonds. The van der Waals surface area contributed by atoms with Gasteiger partial charge < -0.3 is 10.6 Å². The van der Waals surface area contributed by atoms with E-state index >= 15 is 0 Å². The second-order valence-electron chi connectivity index (χ2n) is 3.84. The van der Waals surface area contributed by atoms with Gasteiger partial charge in [0.2, 0.25) is 17.2 Å². The molecule has 1 aromatic heterocycles. The van der Waals surface area contributed by atoms with Crippen LogP contribution in [-0.4, -0.2) is 22.0 Å². The maximum Gasteiger partial charge on any atom is 0.229 e. The first kappa shape index (κ1) is 12.6. The number of hydrogen-bond acceptors (Lipinski definition) is 5. The van der Waals surface area contributed by atoms with Crippen molar-refractivity contribution in [1.29, 1.82) is 0 Å². The minimum atomic E-state index is 0.168. The summed E-state index contributed by atoms with van der Waals surface area (Å²) in [6.07, 6.45) is 0. The number of nitrogens with zero attached hydrogens (tertiary/aromatic N) is 3. The zero-order chi connectivity index (χ0) is 13.0. The van der Waals surface area contributed by atoms with E-state index in [2.05, 4.69) is 44.6 Å². The Kier molecular flexibility index (Phi) is 3.94. The van der Waals surface area contributed by atoms with E-state index in [0.29, 0.717) is 18.4 Å². The molecule has 1 aromatic carbocycles. The minimum absolute atomic E-state index is 0.168. The normalized spacial score (nSPS) is 10.2. The predicted molar refractivity (Wildman–Crippen MR) is 72.9 cm³/mol. The molecule has 0 radical (unpaired) electrons. The average Bonchev–Trinajstić information content (AvgIpc) is 2.36. The summed E-state index contributed by atoms with van der Waals surface area (Å²) in [5.74, 6) is 0.905. The van der Waals surface area contributed by atoms with Crippen molar-refractivity contribution >= 4 is 23.5 Å². The smallest absolute Gasteiger partial charge is 0.229 e. The van der Waals surface area contributed by atoms with E-state index in [4.69, 9.17) is 11.6 Å². The van der Waals surface area contributed by atoms with Gasteiger partial charge in [-0.2, -0.15) is 15.0 Å². The van der Waals surface area contributed by atoms with Crippen LogP contribution in [0.15, 0.2) is 24.3 Å². The monoisotopic (exact) mass is 263 g/mol. The number of halogens is 1. The lowest BCUT2D eigenvalue weighted by molar-refractivity contribution is 1.00. The summed E-state index contributed by atoms with van der Waals surface area (Å²) in [6, 6.07) is 8.23. The van der Waals surface area contributed by atoms with Crippen LogP contribution < -0.4 is 10.6 Å². The van der Waals surface area contributed by atoms with Crippen LogP contribution in [0.2, 0.25) is 5.28 Å². The highest BCUT2D eigenvalue weighted by Gasteiger charge is 2.03. The first-order chi connectivity index (χ1) is 8.67. The zero-order valence-corrected chi connectivity index (χ0v) is 11.0. The Hall–Kier alpha value is -1.88. The van der Waals surface area contributed by atoms with Gasteiger partial charge in [-0.15, -0.1) is 0 Å². The lowest BCUT2D eigenvalue weighted by Crippen LogP contribution is -2.07. The van der Waals surface area contributed by atoms with E-state index in [1.807, 2.05) is 12.1 Å². The number of benzene rings is 1. The summed E-state index contributed by atoms with van der Waals surface area (Å²) in [4.78, 5) is 12.1. The van der Waals surface area contributed by atoms with Crippen LogP contribution in [0.4, 0.5) is 11.9 Å². The number of aryl methyl sites for hydroxylation is 1.